The highest BCUT2D eigenvalue weighted by molar-refractivity contribution is 6.07. The van der Waals surface area contributed by atoms with Gasteiger partial charge in [0.25, 0.3) is 0 Å². The standard InChI is InChI=1S/C52H35NO/c1-2-15-36(16-3-1)41-19-6-8-22-44(41)46-24-10-11-25-47(46)45-23-9-7-20-42(45)38-29-31-39(32-30-38)53(50-27-14-18-37-17-4-5-21-43(37)50)40-33-34-49-48-26-12-13-28-51(48)54-52(49)35-40/h1-35H. The van der Waals surface area contributed by atoms with Crippen LogP contribution in [0, 0.1) is 0 Å². The lowest BCUT2D eigenvalue weighted by Crippen LogP contribution is -2.10. The minimum absolute atomic E-state index is 0.872. The molecule has 9 aromatic carbocycles. The lowest BCUT2D eigenvalue weighted by molar-refractivity contribution is 0.669. The van der Waals surface area contributed by atoms with E-state index in [0.717, 1.165) is 44.6 Å². The van der Waals surface area contributed by atoms with E-state index < -0.39 is 0 Å². The highest BCUT2D eigenvalue weighted by Crippen LogP contribution is 2.44. The molecule has 10 rings (SSSR count). The van der Waals surface area contributed by atoms with E-state index in [1.165, 1.54) is 49.7 Å². The number of anilines is 3. The number of nitrogens with zero attached hydrogens (tertiary/aromatic N) is 1. The third-order valence-corrected chi connectivity index (χ3v) is 10.5. The largest absolute Gasteiger partial charge is 0.456 e. The molecule has 0 bridgehead atoms. The molecule has 2 heteroatoms. The summed E-state index contributed by atoms with van der Waals surface area (Å²) < 4.78 is 6.38. The van der Waals surface area contributed by atoms with Crippen LogP contribution in [0.2, 0.25) is 0 Å². The molecule has 0 spiro atoms. The first-order valence-electron chi connectivity index (χ1n) is 18.4. The molecule has 1 aromatic heterocycles. The number of benzene rings is 9. The zero-order valence-corrected chi connectivity index (χ0v) is 29.6. The Morgan fingerprint density at radius 2 is 0.778 bits per heavy atom. The van der Waals surface area contributed by atoms with Crippen LogP contribution in [0.4, 0.5) is 17.1 Å². The Balaban J connectivity index is 1.09. The van der Waals surface area contributed by atoms with Crippen molar-refractivity contribution < 1.29 is 4.42 Å². The quantitative estimate of drug-likeness (QED) is 0.166. The molecule has 0 aliphatic carbocycles. The zero-order valence-electron chi connectivity index (χ0n) is 29.6. The fraction of sp³-hybridized carbons (Fsp3) is 0. The smallest absolute Gasteiger partial charge is 0.137 e. The molecule has 254 valence electrons. The van der Waals surface area contributed by atoms with Gasteiger partial charge in [-0.3, -0.25) is 0 Å². The van der Waals surface area contributed by atoms with Crippen LogP contribution in [0.1, 0.15) is 0 Å². The summed E-state index contributed by atoms with van der Waals surface area (Å²) in [5, 5.41) is 4.63. The van der Waals surface area contributed by atoms with Crippen molar-refractivity contribution in [3.63, 3.8) is 0 Å². The van der Waals surface area contributed by atoms with Crippen molar-refractivity contribution in [1.82, 2.24) is 0 Å². The van der Waals surface area contributed by atoms with E-state index in [1.807, 2.05) is 12.1 Å². The van der Waals surface area contributed by atoms with Crippen molar-refractivity contribution in [3.8, 4) is 44.5 Å². The lowest BCUT2D eigenvalue weighted by atomic mass is 9.87. The van der Waals surface area contributed by atoms with Gasteiger partial charge in [-0.2, -0.15) is 0 Å². The molecular weight excluding hydrogens is 655 g/mol. The zero-order chi connectivity index (χ0) is 35.8. The fourth-order valence-electron chi connectivity index (χ4n) is 7.98. The number of hydrogen-bond donors (Lipinski definition) is 0. The van der Waals surface area contributed by atoms with Crippen molar-refractivity contribution in [3.05, 3.63) is 212 Å². The van der Waals surface area contributed by atoms with E-state index in [2.05, 4.69) is 205 Å². The number of para-hydroxylation sites is 1. The summed E-state index contributed by atoms with van der Waals surface area (Å²) in [5.41, 5.74) is 14.6. The number of furan rings is 1. The first-order chi connectivity index (χ1) is 26.8. The van der Waals surface area contributed by atoms with Gasteiger partial charge in [0, 0.05) is 33.6 Å². The Morgan fingerprint density at radius 1 is 0.296 bits per heavy atom. The minimum atomic E-state index is 0.872. The molecule has 0 aliphatic rings. The molecule has 1 heterocycles. The first-order valence-corrected chi connectivity index (χ1v) is 18.4. The predicted molar refractivity (Wildman–Crippen MR) is 228 cm³/mol. The molecule has 0 saturated heterocycles. The fourth-order valence-corrected chi connectivity index (χ4v) is 7.98. The maximum absolute atomic E-state index is 6.38. The van der Waals surface area contributed by atoms with Crippen LogP contribution >= 0.6 is 0 Å². The molecule has 54 heavy (non-hydrogen) atoms. The van der Waals surface area contributed by atoms with E-state index in [0.29, 0.717) is 0 Å². The maximum Gasteiger partial charge on any atom is 0.137 e. The van der Waals surface area contributed by atoms with E-state index in [-0.39, 0.29) is 0 Å². The van der Waals surface area contributed by atoms with E-state index in [1.54, 1.807) is 0 Å². The summed E-state index contributed by atoms with van der Waals surface area (Å²) in [7, 11) is 0. The van der Waals surface area contributed by atoms with Crippen LogP contribution in [-0.2, 0) is 0 Å². The third-order valence-electron chi connectivity index (χ3n) is 10.5. The Labute approximate surface area is 314 Å². The molecule has 0 atom stereocenters. The third kappa shape index (κ3) is 5.53. The van der Waals surface area contributed by atoms with Gasteiger partial charge in [0.05, 0.1) is 5.69 Å². The Hall–Kier alpha value is -7.16. The van der Waals surface area contributed by atoms with Gasteiger partial charge in [0.2, 0.25) is 0 Å². The van der Waals surface area contributed by atoms with Crippen LogP contribution in [0.5, 0.6) is 0 Å². The summed E-state index contributed by atoms with van der Waals surface area (Å²) in [5.74, 6) is 0. The Bertz CT molecular complexity index is 2930. The number of fused-ring (bicyclic) bond motifs is 4. The monoisotopic (exact) mass is 689 g/mol. The van der Waals surface area contributed by atoms with E-state index >= 15 is 0 Å². The van der Waals surface area contributed by atoms with Crippen molar-refractivity contribution in [2.75, 3.05) is 4.90 Å². The molecule has 0 N–H and O–H groups in total. The van der Waals surface area contributed by atoms with Gasteiger partial charge in [-0.15, -0.1) is 0 Å². The molecule has 10 aromatic rings. The number of hydrogen-bond acceptors (Lipinski definition) is 2. The van der Waals surface area contributed by atoms with Gasteiger partial charge in [0.15, 0.2) is 0 Å². The summed E-state index contributed by atoms with van der Waals surface area (Å²) in [6.45, 7) is 0. The first kappa shape index (κ1) is 31.6. The minimum Gasteiger partial charge on any atom is -0.456 e. The highest BCUT2D eigenvalue weighted by Gasteiger charge is 2.19. The molecule has 0 saturated carbocycles. The Morgan fingerprint density at radius 3 is 1.46 bits per heavy atom. The molecule has 0 fully saturated rings. The van der Waals surface area contributed by atoms with Gasteiger partial charge in [0.1, 0.15) is 11.2 Å². The van der Waals surface area contributed by atoms with E-state index in [9.17, 15) is 0 Å². The summed E-state index contributed by atoms with van der Waals surface area (Å²) in [6.07, 6.45) is 0. The van der Waals surface area contributed by atoms with Gasteiger partial charge >= 0.3 is 0 Å². The lowest BCUT2D eigenvalue weighted by Gasteiger charge is -2.27. The second kappa shape index (κ2) is 13.4. The van der Waals surface area contributed by atoms with E-state index in [4.69, 9.17) is 4.42 Å². The highest BCUT2D eigenvalue weighted by atomic mass is 16.3. The number of rotatable bonds is 7. The topological polar surface area (TPSA) is 16.4 Å². The van der Waals surface area contributed by atoms with Crippen molar-refractivity contribution in [2.45, 2.75) is 0 Å². The molecule has 0 unspecified atom stereocenters. The van der Waals surface area contributed by atoms with Gasteiger partial charge < -0.3 is 9.32 Å². The summed E-state index contributed by atoms with van der Waals surface area (Å²) >= 11 is 0. The van der Waals surface area contributed by atoms with Crippen LogP contribution in [0.15, 0.2) is 217 Å². The van der Waals surface area contributed by atoms with Gasteiger partial charge in [-0.1, -0.05) is 170 Å². The molecule has 2 nitrogen and oxygen atoms in total. The molecular formula is C52H35NO. The van der Waals surface area contributed by atoms with Crippen molar-refractivity contribution in [1.29, 1.82) is 0 Å². The summed E-state index contributed by atoms with van der Waals surface area (Å²) in [6, 6.07) is 75.9. The SMILES string of the molecule is c1ccc(-c2ccccc2-c2ccccc2-c2ccccc2-c2ccc(N(c3ccc4c(c3)oc3ccccc34)c3cccc4ccccc34)cc2)cc1. The van der Waals surface area contributed by atoms with Gasteiger partial charge in [-0.05, 0) is 86.3 Å². The van der Waals surface area contributed by atoms with Gasteiger partial charge in [-0.25, -0.2) is 0 Å². The summed E-state index contributed by atoms with van der Waals surface area (Å²) in [4.78, 5) is 2.35. The average molecular weight is 690 g/mol. The second-order valence-electron chi connectivity index (χ2n) is 13.7. The Kier molecular flexibility index (Phi) is 7.85. The average Bonchev–Trinajstić information content (AvgIpc) is 3.62. The predicted octanol–water partition coefficient (Wildman–Crippen LogP) is 14.9. The second-order valence-corrected chi connectivity index (χ2v) is 13.7. The van der Waals surface area contributed by atoms with Crippen LogP contribution in [-0.4, -0.2) is 0 Å². The van der Waals surface area contributed by atoms with Crippen LogP contribution in [0.3, 0.4) is 0 Å². The normalized spacial score (nSPS) is 11.3. The van der Waals surface area contributed by atoms with Crippen molar-refractivity contribution >= 4 is 49.8 Å². The molecule has 0 aliphatic heterocycles. The maximum atomic E-state index is 6.38. The molecule has 0 radical (unpaired) electrons. The van der Waals surface area contributed by atoms with Crippen LogP contribution < -0.4 is 4.90 Å². The van der Waals surface area contributed by atoms with Crippen molar-refractivity contribution in [2.24, 2.45) is 0 Å². The molecule has 0 amide bonds. The van der Waals surface area contributed by atoms with Crippen LogP contribution in [0.25, 0.3) is 77.2 Å².